The third-order valence-corrected chi connectivity index (χ3v) is 4.05. The summed E-state index contributed by atoms with van der Waals surface area (Å²) in [7, 11) is 3.20. The normalized spacial score (nSPS) is 19.9. The van der Waals surface area contributed by atoms with Crippen molar-refractivity contribution < 1.29 is 19.0 Å². The van der Waals surface area contributed by atoms with Gasteiger partial charge < -0.3 is 19.5 Å². The van der Waals surface area contributed by atoms with Crippen LogP contribution in [0.4, 0.5) is 4.79 Å². The van der Waals surface area contributed by atoms with Crippen LogP contribution >= 0.6 is 28.3 Å². The van der Waals surface area contributed by atoms with Gasteiger partial charge in [-0.25, -0.2) is 4.79 Å². The molecule has 2 rings (SSSR count). The Morgan fingerprint density at radius 3 is 2.48 bits per heavy atom. The lowest BCUT2D eigenvalue weighted by molar-refractivity contribution is 0.0380. The number of hydrogen-bond donors (Lipinski definition) is 1. The predicted octanol–water partition coefficient (Wildman–Crippen LogP) is 3.70. The Morgan fingerprint density at radius 1 is 1.29 bits per heavy atom. The van der Waals surface area contributed by atoms with Gasteiger partial charge in [0.05, 0.1) is 24.7 Å². The molecule has 1 amide bonds. The molecule has 7 heteroatoms. The van der Waals surface area contributed by atoms with Crippen molar-refractivity contribution in [1.29, 1.82) is 0 Å². The molecule has 0 spiro atoms. The van der Waals surface area contributed by atoms with Crippen molar-refractivity contribution in [2.75, 3.05) is 20.8 Å². The number of benzene rings is 1. The lowest BCUT2D eigenvalue weighted by Gasteiger charge is -2.39. The fourth-order valence-electron chi connectivity index (χ4n) is 2.30. The number of cyclic esters (lactones) is 1. The maximum atomic E-state index is 11.5. The molecule has 0 unspecified atom stereocenters. The molecule has 21 heavy (non-hydrogen) atoms. The number of carbonyl (C=O) groups excluding carboxylic acids is 1. The Kier molecular flexibility index (Phi) is 5.75. The smallest absolute Gasteiger partial charge is 0.407 e. The molecule has 1 aliphatic heterocycles. The number of amides is 1. The minimum absolute atomic E-state index is 0. The summed E-state index contributed by atoms with van der Waals surface area (Å²) in [6, 6.07) is 3.51. The topological polar surface area (TPSA) is 56.8 Å². The van der Waals surface area contributed by atoms with Gasteiger partial charge in [0.15, 0.2) is 0 Å². The molecule has 0 aliphatic carbocycles. The summed E-state index contributed by atoms with van der Waals surface area (Å²) >= 11 is 3.43. The molecular weight excluding hydrogens is 362 g/mol. The average Bonchev–Trinajstić information content (AvgIpc) is 2.41. The highest BCUT2D eigenvalue weighted by atomic mass is 79.9. The second kappa shape index (κ2) is 6.75. The van der Waals surface area contributed by atoms with Gasteiger partial charge in [0.2, 0.25) is 0 Å². The van der Waals surface area contributed by atoms with Gasteiger partial charge in [-0.05, 0) is 28.1 Å². The van der Waals surface area contributed by atoms with Crippen molar-refractivity contribution in [2.45, 2.75) is 19.9 Å². The molecule has 0 aromatic heterocycles. The number of alkyl carbamates (subject to hydrolysis) is 1. The summed E-state index contributed by atoms with van der Waals surface area (Å²) in [4.78, 5) is 11.5. The van der Waals surface area contributed by atoms with Crippen LogP contribution in [-0.4, -0.2) is 26.9 Å². The third kappa shape index (κ3) is 3.55. The van der Waals surface area contributed by atoms with Crippen LogP contribution in [0, 0.1) is 5.41 Å². The van der Waals surface area contributed by atoms with Crippen LogP contribution in [0.25, 0.3) is 0 Å². The first-order chi connectivity index (χ1) is 9.39. The first-order valence-corrected chi connectivity index (χ1v) is 7.03. The van der Waals surface area contributed by atoms with E-state index in [1.165, 1.54) is 0 Å². The minimum Gasteiger partial charge on any atom is -0.496 e. The second-order valence-electron chi connectivity index (χ2n) is 5.37. The maximum Gasteiger partial charge on any atom is 0.407 e. The van der Waals surface area contributed by atoms with E-state index in [0.29, 0.717) is 18.1 Å². The summed E-state index contributed by atoms with van der Waals surface area (Å²) in [5.74, 6) is 1.38. The molecule has 118 valence electrons. The largest absolute Gasteiger partial charge is 0.496 e. The zero-order chi connectivity index (χ0) is 14.9. The molecule has 0 saturated carbocycles. The summed E-state index contributed by atoms with van der Waals surface area (Å²) in [6.07, 6.45) is -0.418. The summed E-state index contributed by atoms with van der Waals surface area (Å²) in [6.45, 7) is 4.42. The Balaban J connectivity index is 0.00000220. The Labute approximate surface area is 138 Å². The van der Waals surface area contributed by atoms with E-state index in [9.17, 15) is 4.79 Å². The Hall–Kier alpha value is -1.14. The van der Waals surface area contributed by atoms with E-state index < -0.39 is 6.09 Å². The molecule has 1 saturated heterocycles. The van der Waals surface area contributed by atoms with Gasteiger partial charge in [-0.2, -0.15) is 0 Å². The predicted molar refractivity (Wildman–Crippen MR) is 85.5 cm³/mol. The van der Waals surface area contributed by atoms with E-state index in [1.807, 2.05) is 26.0 Å². The Morgan fingerprint density at radius 2 is 1.90 bits per heavy atom. The number of hydrogen-bond acceptors (Lipinski definition) is 4. The summed E-state index contributed by atoms with van der Waals surface area (Å²) < 4.78 is 16.6. The van der Waals surface area contributed by atoms with E-state index >= 15 is 0 Å². The number of rotatable bonds is 3. The third-order valence-electron chi connectivity index (χ3n) is 3.43. The molecule has 1 aromatic rings. The average molecular weight is 381 g/mol. The van der Waals surface area contributed by atoms with Crippen molar-refractivity contribution in [3.05, 3.63) is 22.2 Å². The summed E-state index contributed by atoms with van der Waals surface area (Å²) in [5, 5.41) is 2.86. The molecular formula is C14H19BrClNO4. The number of nitrogens with one attached hydrogen (secondary N) is 1. The molecule has 1 fully saturated rings. The van der Waals surface area contributed by atoms with E-state index in [0.717, 1.165) is 10.0 Å². The van der Waals surface area contributed by atoms with E-state index in [4.69, 9.17) is 14.2 Å². The fraction of sp³-hybridized carbons (Fsp3) is 0.500. The van der Waals surface area contributed by atoms with Crippen molar-refractivity contribution in [3.8, 4) is 11.5 Å². The Bertz CT molecular complexity index is 536. The zero-order valence-corrected chi connectivity index (χ0v) is 14.8. The molecule has 1 heterocycles. The minimum atomic E-state index is -0.418. The van der Waals surface area contributed by atoms with Gasteiger partial charge in [0.1, 0.15) is 18.1 Å². The van der Waals surface area contributed by atoms with Crippen molar-refractivity contribution in [1.82, 2.24) is 5.32 Å². The van der Waals surface area contributed by atoms with Gasteiger partial charge >= 0.3 is 6.09 Å². The number of halogens is 2. The summed E-state index contributed by atoms with van der Waals surface area (Å²) in [5.41, 5.74) is 0.620. The number of methoxy groups -OCH3 is 2. The monoisotopic (exact) mass is 379 g/mol. The van der Waals surface area contributed by atoms with Crippen LogP contribution in [-0.2, 0) is 4.74 Å². The van der Waals surface area contributed by atoms with Gasteiger partial charge in [-0.1, -0.05) is 13.8 Å². The van der Waals surface area contributed by atoms with Crippen LogP contribution in [0.1, 0.15) is 25.5 Å². The van der Waals surface area contributed by atoms with Gasteiger partial charge in [0, 0.05) is 11.0 Å². The van der Waals surface area contributed by atoms with E-state index in [2.05, 4.69) is 21.2 Å². The van der Waals surface area contributed by atoms with E-state index in [1.54, 1.807) is 14.2 Å². The molecule has 1 aliphatic rings. The zero-order valence-electron chi connectivity index (χ0n) is 12.4. The van der Waals surface area contributed by atoms with Gasteiger partial charge in [0.25, 0.3) is 0 Å². The highest BCUT2D eigenvalue weighted by molar-refractivity contribution is 9.10. The lowest BCUT2D eigenvalue weighted by atomic mass is 9.80. The van der Waals surface area contributed by atoms with Crippen LogP contribution in [0.15, 0.2) is 16.6 Å². The van der Waals surface area contributed by atoms with Crippen molar-refractivity contribution >= 4 is 34.4 Å². The van der Waals surface area contributed by atoms with Crippen LogP contribution < -0.4 is 14.8 Å². The standard InChI is InChI=1S/C14H18BrNO4.ClH/c1-14(2)7-20-13(17)16-12(14)8-5-11(19-4)9(15)6-10(8)18-3;/h5-6,12H,7H2,1-4H3,(H,16,17);1H/t12-;/m0./s1. The van der Waals surface area contributed by atoms with Crippen molar-refractivity contribution in [2.24, 2.45) is 5.41 Å². The van der Waals surface area contributed by atoms with Crippen LogP contribution in [0.2, 0.25) is 0 Å². The molecule has 1 aromatic carbocycles. The van der Waals surface area contributed by atoms with Crippen molar-refractivity contribution in [3.63, 3.8) is 0 Å². The van der Waals surface area contributed by atoms with Crippen LogP contribution in [0.3, 0.4) is 0 Å². The molecule has 1 atom stereocenters. The first kappa shape index (κ1) is 17.9. The fourth-order valence-corrected chi connectivity index (χ4v) is 2.78. The lowest BCUT2D eigenvalue weighted by Crippen LogP contribution is -2.47. The van der Waals surface area contributed by atoms with Crippen LogP contribution in [0.5, 0.6) is 11.5 Å². The quantitative estimate of drug-likeness (QED) is 0.869. The maximum absolute atomic E-state index is 11.5. The number of carbonyl (C=O) groups is 1. The highest BCUT2D eigenvalue weighted by Gasteiger charge is 2.39. The molecule has 0 radical (unpaired) electrons. The van der Waals surface area contributed by atoms with Gasteiger partial charge in [-0.3, -0.25) is 0 Å². The number of ether oxygens (including phenoxy) is 3. The molecule has 5 nitrogen and oxygen atoms in total. The SMILES string of the molecule is COc1cc([C@@H]2NC(=O)OCC2(C)C)c(OC)cc1Br.Cl. The van der Waals surface area contributed by atoms with Gasteiger partial charge in [-0.15, -0.1) is 12.4 Å². The second-order valence-corrected chi connectivity index (χ2v) is 6.23. The highest BCUT2D eigenvalue weighted by Crippen LogP contribution is 2.43. The molecule has 0 bridgehead atoms. The first-order valence-electron chi connectivity index (χ1n) is 6.23. The molecule has 1 N–H and O–H groups in total. The van der Waals surface area contributed by atoms with E-state index in [-0.39, 0.29) is 23.9 Å².